The molecule has 0 amide bonds. The third-order valence-electron chi connectivity index (χ3n) is 4.67. The molecular formula is C19H33IN4O3S. The van der Waals surface area contributed by atoms with E-state index >= 15 is 0 Å². The number of pyridine rings is 1. The van der Waals surface area contributed by atoms with Crippen LogP contribution in [0.2, 0.25) is 0 Å². The number of aliphatic imine (C=N–C) groups is 1. The maximum Gasteiger partial charge on any atom is 0.218 e. The highest BCUT2D eigenvalue weighted by atomic mass is 127. The van der Waals surface area contributed by atoms with Crippen LogP contribution in [0.4, 0.5) is 0 Å². The second-order valence-electron chi connectivity index (χ2n) is 6.53. The molecule has 1 aromatic heterocycles. The summed E-state index contributed by atoms with van der Waals surface area (Å²) in [6, 6.07) is 4.18. The largest absolute Gasteiger partial charge is 0.475 e. The summed E-state index contributed by atoms with van der Waals surface area (Å²) >= 11 is 0. The van der Waals surface area contributed by atoms with Crippen molar-refractivity contribution in [3.05, 3.63) is 23.9 Å². The van der Waals surface area contributed by atoms with Gasteiger partial charge in [0.05, 0.1) is 6.61 Å². The van der Waals surface area contributed by atoms with Crippen LogP contribution in [-0.4, -0.2) is 59.6 Å². The molecule has 0 radical (unpaired) electrons. The number of guanidine groups is 1. The Kier molecular flexibility index (Phi) is 12.6. The minimum Gasteiger partial charge on any atom is -0.475 e. The molecule has 0 saturated heterocycles. The Hall–Kier alpha value is -0.940. The monoisotopic (exact) mass is 524 g/mol. The highest BCUT2D eigenvalue weighted by Crippen LogP contribution is 2.23. The second kappa shape index (κ2) is 14.1. The van der Waals surface area contributed by atoms with Crippen LogP contribution < -0.4 is 15.4 Å². The lowest BCUT2D eigenvalue weighted by Crippen LogP contribution is -2.46. The number of hydrogen-bond donors (Lipinski definition) is 2. The number of nitrogens with zero attached hydrogens (tertiary/aromatic N) is 2. The Morgan fingerprint density at radius 3 is 2.93 bits per heavy atom. The lowest BCUT2D eigenvalue weighted by molar-refractivity contribution is 0.143. The molecule has 1 aromatic rings. The van der Waals surface area contributed by atoms with Crippen LogP contribution in [-0.2, 0) is 22.1 Å². The average Bonchev–Trinajstić information content (AvgIpc) is 2.71. The maximum atomic E-state index is 12.1. The van der Waals surface area contributed by atoms with Crippen LogP contribution in [0.1, 0.15) is 38.2 Å². The summed E-state index contributed by atoms with van der Waals surface area (Å²) < 4.78 is 22.8. The summed E-state index contributed by atoms with van der Waals surface area (Å²) in [4.78, 5) is 8.63. The SMILES string of the molecule is CCS(=O)C1CCCC(NC(=NC)NCc2cccnc2OCCOC)C1.I. The van der Waals surface area contributed by atoms with Crippen LogP contribution in [0.5, 0.6) is 5.88 Å². The predicted molar refractivity (Wildman–Crippen MR) is 125 cm³/mol. The number of hydrogen-bond acceptors (Lipinski definition) is 5. The summed E-state index contributed by atoms with van der Waals surface area (Å²) in [6.07, 6.45) is 5.89. The molecule has 0 aromatic carbocycles. The number of methoxy groups -OCH3 is 1. The van der Waals surface area contributed by atoms with Gasteiger partial charge in [0.15, 0.2) is 5.96 Å². The molecule has 2 rings (SSSR count). The number of nitrogens with one attached hydrogen (secondary N) is 2. The van der Waals surface area contributed by atoms with E-state index in [1.54, 1.807) is 20.4 Å². The molecule has 7 nitrogen and oxygen atoms in total. The van der Waals surface area contributed by atoms with E-state index < -0.39 is 10.8 Å². The van der Waals surface area contributed by atoms with Gasteiger partial charge in [0.2, 0.25) is 5.88 Å². The third-order valence-corrected chi connectivity index (χ3v) is 6.41. The van der Waals surface area contributed by atoms with Gasteiger partial charge < -0.3 is 20.1 Å². The highest BCUT2D eigenvalue weighted by molar-refractivity contribution is 14.0. The zero-order valence-corrected chi connectivity index (χ0v) is 20.1. The van der Waals surface area contributed by atoms with Gasteiger partial charge in [-0.1, -0.05) is 19.4 Å². The number of ether oxygens (including phenoxy) is 2. The van der Waals surface area contributed by atoms with Gasteiger partial charge in [-0.05, 0) is 25.3 Å². The number of aromatic nitrogens is 1. The first-order chi connectivity index (χ1) is 13.2. The molecule has 0 spiro atoms. The van der Waals surface area contributed by atoms with E-state index in [9.17, 15) is 4.21 Å². The molecule has 3 unspecified atom stereocenters. The highest BCUT2D eigenvalue weighted by Gasteiger charge is 2.26. The van der Waals surface area contributed by atoms with Crippen LogP contribution in [0.25, 0.3) is 0 Å². The van der Waals surface area contributed by atoms with Crippen molar-refractivity contribution in [2.75, 3.05) is 33.1 Å². The van der Waals surface area contributed by atoms with Gasteiger partial charge in [-0.3, -0.25) is 9.20 Å². The zero-order chi connectivity index (χ0) is 19.5. The van der Waals surface area contributed by atoms with Gasteiger partial charge in [0.25, 0.3) is 0 Å². The molecule has 0 bridgehead atoms. The molecule has 1 fully saturated rings. The third kappa shape index (κ3) is 8.20. The number of rotatable bonds is 9. The molecule has 1 saturated carbocycles. The number of halogens is 1. The van der Waals surface area contributed by atoms with Crippen LogP contribution in [0.3, 0.4) is 0 Å². The first kappa shape index (κ1) is 25.1. The van der Waals surface area contributed by atoms with Crippen LogP contribution >= 0.6 is 24.0 Å². The second-order valence-corrected chi connectivity index (χ2v) is 8.54. The van der Waals surface area contributed by atoms with Gasteiger partial charge in [0.1, 0.15) is 6.61 Å². The molecule has 2 N–H and O–H groups in total. The fourth-order valence-electron chi connectivity index (χ4n) is 3.23. The Bertz CT molecular complexity index is 633. The Morgan fingerprint density at radius 1 is 1.39 bits per heavy atom. The summed E-state index contributed by atoms with van der Waals surface area (Å²) in [5.41, 5.74) is 0.963. The van der Waals surface area contributed by atoms with Crippen molar-refractivity contribution >= 4 is 40.7 Å². The van der Waals surface area contributed by atoms with Gasteiger partial charge in [-0.25, -0.2) is 4.98 Å². The molecular weight excluding hydrogens is 491 g/mol. The molecule has 1 aliphatic carbocycles. The van der Waals surface area contributed by atoms with Crippen molar-refractivity contribution in [2.24, 2.45) is 4.99 Å². The molecule has 1 heterocycles. The summed E-state index contributed by atoms with van der Waals surface area (Å²) in [5, 5.41) is 7.10. The Morgan fingerprint density at radius 2 is 2.21 bits per heavy atom. The lowest BCUT2D eigenvalue weighted by Gasteiger charge is -2.30. The van der Waals surface area contributed by atoms with E-state index in [1.807, 2.05) is 19.1 Å². The fourth-order valence-corrected chi connectivity index (χ4v) is 4.58. The van der Waals surface area contributed by atoms with Crippen molar-refractivity contribution in [3.63, 3.8) is 0 Å². The molecule has 160 valence electrons. The van der Waals surface area contributed by atoms with Gasteiger partial charge >= 0.3 is 0 Å². The molecule has 28 heavy (non-hydrogen) atoms. The fraction of sp³-hybridized carbons (Fsp3) is 0.684. The lowest BCUT2D eigenvalue weighted by atomic mass is 9.95. The maximum absolute atomic E-state index is 12.1. The molecule has 1 aliphatic rings. The first-order valence-electron chi connectivity index (χ1n) is 9.57. The van der Waals surface area contributed by atoms with Crippen LogP contribution in [0.15, 0.2) is 23.3 Å². The van der Waals surface area contributed by atoms with Crippen molar-refractivity contribution in [2.45, 2.75) is 50.4 Å². The molecule has 9 heteroatoms. The average molecular weight is 524 g/mol. The molecule has 3 atom stereocenters. The smallest absolute Gasteiger partial charge is 0.218 e. The summed E-state index contributed by atoms with van der Waals surface area (Å²) in [7, 11) is 2.68. The van der Waals surface area contributed by atoms with E-state index in [4.69, 9.17) is 9.47 Å². The van der Waals surface area contributed by atoms with Crippen molar-refractivity contribution in [1.82, 2.24) is 15.6 Å². The van der Waals surface area contributed by atoms with E-state index in [-0.39, 0.29) is 24.0 Å². The normalized spacial score (nSPS) is 20.8. The van der Waals surface area contributed by atoms with Gasteiger partial charge in [-0.15, -0.1) is 24.0 Å². The van der Waals surface area contributed by atoms with Crippen molar-refractivity contribution in [3.8, 4) is 5.88 Å². The quantitative estimate of drug-likeness (QED) is 0.224. The van der Waals surface area contributed by atoms with Gasteiger partial charge in [-0.2, -0.15) is 0 Å². The minimum absolute atomic E-state index is 0. The van der Waals surface area contributed by atoms with Crippen LogP contribution in [0, 0.1) is 0 Å². The Labute approximate surface area is 187 Å². The summed E-state index contributed by atoms with van der Waals surface area (Å²) in [5.74, 6) is 2.08. The van der Waals surface area contributed by atoms with E-state index in [0.717, 1.165) is 43.0 Å². The van der Waals surface area contributed by atoms with Crippen molar-refractivity contribution in [1.29, 1.82) is 0 Å². The topological polar surface area (TPSA) is 84.8 Å². The van der Waals surface area contributed by atoms with E-state index in [1.165, 1.54) is 0 Å². The standard InChI is InChI=1S/C19H32N4O3S.HI/c1-4-27(24)17-9-5-8-16(13-17)23-19(20-2)22-14-15-7-6-10-21-18(15)26-12-11-25-3;/h6-7,10,16-17H,4-5,8-9,11-14H2,1-3H3,(H2,20,22,23);1H. The summed E-state index contributed by atoms with van der Waals surface area (Å²) in [6.45, 7) is 3.54. The van der Waals surface area contributed by atoms with E-state index in [0.29, 0.717) is 36.9 Å². The van der Waals surface area contributed by atoms with Crippen molar-refractivity contribution < 1.29 is 13.7 Å². The zero-order valence-electron chi connectivity index (χ0n) is 17.0. The predicted octanol–water partition coefficient (Wildman–Crippen LogP) is 2.47. The minimum atomic E-state index is -0.727. The first-order valence-corrected chi connectivity index (χ1v) is 11.0. The molecule has 0 aliphatic heterocycles. The van der Waals surface area contributed by atoms with E-state index in [2.05, 4.69) is 20.6 Å². The van der Waals surface area contributed by atoms with Gasteiger partial charge in [0, 0.05) is 60.3 Å². The Balaban J connectivity index is 0.00000392.